The molecule has 2 heterocycles. The summed E-state index contributed by atoms with van der Waals surface area (Å²) in [6.07, 6.45) is 4.70. The Balaban J connectivity index is 1.49. The Morgan fingerprint density at radius 2 is 1.93 bits per heavy atom. The standard InChI is InChI=1S/C20H23N5O2/c1-13-21-12-17(18(22-13)14-4-5-14)19(26)23-15-6-8-16(9-7-15)25-11-3-10-24(2)20(25)27/h6-9,12,14H,3-5,10-11H2,1-2H3,(H,23,26). The van der Waals surface area contributed by atoms with Crippen LogP contribution in [-0.2, 0) is 0 Å². The topological polar surface area (TPSA) is 78.4 Å². The first-order valence-corrected chi connectivity index (χ1v) is 9.30. The summed E-state index contributed by atoms with van der Waals surface area (Å²) in [7, 11) is 1.81. The number of carbonyl (C=O) groups is 2. The summed E-state index contributed by atoms with van der Waals surface area (Å²) < 4.78 is 0. The van der Waals surface area contributed by atoms with Crippen LogP contribution in [-0.4, -0.2) is 46.9 Å². The number of urea groups is 1. The fraction of sp³-hybridized carbons (Fsp3) is 0.400. The van der Waals surface area contributed by atoms with E-state index in [1.165, 1.54) is 0 Å². The Hall–Kier alpha value is -2.96. The Bertz CT molecular complexity index is 876. The van der Waals surface area contributed by atoms with E-state index >= 15 is 0 Å². The Kier molecular flexibility index (Phi) is 4.51. The monoisotopic (exact) mass is 365 g/mol. The second kappa shape index (κ2) is 6.98. The molecule has 1 aromatic carbocycles. The molecule has 1 aliphatic heterocycles. The number of anilines is 2. The Labute approximate surface area is 158 Å². The minimum atomic E-state index is -0.196. The molecule has 140 valence electrons. The van der Waals surface area contributed by atoms with Gasteiger partial charge in [-0.3, -0.25) is 9.69 Å². The first kappa shape index (κ1) is 17.5. The average Bonchev–Trinajstić information content (AvgIpc) is 3.50. The Morgan fingerprint density at radius 3 is 2.63 bits per heavy atom. The number of nitrogens with one attached hydrogen (secondary N) is 1. The van der Waals surface area contributed by atoms with Gasteiger partial charge in [-0.05, 0) is 50.5 Å². The molecule has 2 aliphatic rings. The molecule has 1 saturated carbocycles. The van der Waals surface area contributed by atoms with Gasteiger partial charge < -0.3 is 10.2 Å². The van der Waals surface area contributed by atoms with E-state index in [0.29, 0.717) is 29.5 Å². The first-order valence-electron chi connectivity index (χ1n) is 9.30. The van der Waals surface area contributed by atoms with Crippen molar-refractivity contribution in [2.75, 3.05) is 30.4 Å². The zero-order chi connectivity index (χ0) is 19.0. The quantitative estimate of drug-likeness (QED) is 0.903. The molecule has 3 amide bonds. The fourth-order valence-corrected chi connectivity index (χ4v) is 3.36. The van der Waals surface area contributed by atoms with E-state index in [0.717, 1.165) is 37.2 Å². The first-order chi connectivity index (χ1) is 13.0. The van der Waals surface area contributed by atoms with Crippen molar-refractivity contribution in [1.82, 2.24) is 14.9 Å². The molecule has 0 radical (unpaired) electrons. The number of carbonyl (C=O) groups excluding carboxylic acids is 2. The molecule has 2 fully saturated rings. The van der Waals surface area contributed by atoms with Crippen molar-refractivity contribution < 1.29 is 9.59 Å². The third-order valence-electron chi connectivity index (χ3n) is 5.02. The normalized spacial score (nSPS) is 17.2. The summed E-state index contributed by atoms with van der Waals surface area (Å²) in [4.78, 5) is 37.1. The molecule has 1 N–H and O–H groups in total. The van der Waals surface area contributed by atoms with Crippen LogP contribution in [0, 0.1) is 6.92 Å². The molecule has 1 aromatic heterocycles. The maximum absolute atomic E-state index is 12.7. The smallest absolute Gasteiger partial charge is 0.324 e. The lowest BCUT2D eigenvalue weighted by Crippen LogP contribution is -2.47. The van der Waals surface area contributed by atoms with Crippen molar-refractivity contribution in [1.29, 1.82) is 0 Å². The summed E-state index contributed by atoms with van der Waals surface area (Å²) in [6, 6.07) is 7.37. The number of amides is 3. The van der Waals surface area contributed by atoms with Crippen LogP contribution in [0.4, 0.5) is 16.2 Å². The minimum absolute atomic E-state index is 0.00362. The van der Waals surface area contributed by atoms with Gasteiger partial charge in [0.1, 0.15) is 5.82 Å². The highest BCUT2D eigenvalue weighted by Crippen LogP contribution is 2.40. The highest BCUT2D eigenvalue weighted by atomic mass is 16.2. The van der Waals surface area contributed by atoms with E-state index in [1.54, 1.807) is 16.0 Å². The number of nitrogens with zero attached hydrogens (tertiary/aromatic N) is 4. The molecular formula is C20H23N5O2. The van der Waals surface area contributed by atoms with E-state index in [1.807, 2.05) is 38.2 Å². The average molecular weight is 365 g/mol. The second-order valence-electron chi connectivity index (χ2n) is 7.20. The molecule has 7 nitrogen and oxygen atoms in total. The van der Waals surface area contributed by atoms with Crippen molar-refractivity contribution in [2.45, 2.75) is 32.1 Å². The van der Waals surface area contributed by atoms with Crippen LogP contribution >= 0.6 is 0 Å². The summed E-state index contributed by atoms with van der Waals surface area (Å²) in [5.41, 5.74) is 2.91. The van der Waals surface area contributed by atoms with E-state index < -0.39 is 0 Å². The van der Waals surface area contributed by atoms with Crippen molar-refractivity contribution >= 4 is 23.3 Å². The maximum atomic E-state index is 12.7. The lowest BCUT2D eigenvalue weighted by Gasteiger charge is -2.33. The molecule has 2 aromatic rings. The van der Waals surface area contributed by atoms with Crippen molar-refractivity contribution in [3.05, 3.63) is 47.5 Å². The number of rotatable bonds is 4. The number of aromatic nitrogens is 2. The van der Waals surface area contributed by atoms with Gasteiger partial charge in [0.2, 0.25) is 0 Å². The fourth-order valence-electron chi connectivity index (χ4n) is 3.36. The molecule has 4 rings (SSSR count). The molecule has 7 heteroatoms. The van der Waals surface area contributed by atoms with Crippen LogP contribution in [0.3, 0.4) is 0 Å². The molecule has 0 unspecified atom stereocenters. The molecule has 0 spiro atoms. The predicted molar refractivity (Wildman–Crippen MR) is 103 cm³/mol. The third-order valence-corrected chi connectivity index (χ3v) is 5.02. The van der Waals surface area contributed by atoms with Crippen LogP contribution < -0.4 is 10.2 Å². The van der Waals surface area contributed by atoms with Gasteiger partial charge in [0, 0.05) is 43.6 Å². The number of hydrogen-bond acceptors (Lipinski definition) is 4. The van der Waals surface area contributed by atoms with Crippen LogP contribution in [0.15, 0.2) is 30.5 Å². The molecule has 0 atom stereocenters. The number of hydrogen-bond donors (Lipinski definition) is 1. The largest absolute Gasteiger partial charge is 0.327 e. The predicted octanol–water partition coefficient (Wildman–Crippen LogP) is 3.18. The summed E-state index contributed by atoms with van der Waals surface area (Å²) in [5, 5.41) is 2.92. The van der Waals surface area contributed by atoms with Crippen LogP contribution in [0.1, 0.15) is 47.1 Å². The van der Waals surface area contributed by atoms with Crippen LogP contribution in [0.25, 0.3) is 0 Å². The van der Waals surface area contributed by atoms with Gasteiger partial charge in [-0.15, -0.1) is 0 Å². The van der Waals surface area contributed by atoms with E-state index in [4.69, 9.17) is 0 Å². The summed E-state index contributed by atoms with van der Waals surface area (Å²) in [6.45, 7) is 3.33. The van der Waals surface area contributed by atoms with Gasteiger partial charge in [0.25, 0.3) is 5.91 Å². The van der Waals surface area contributed by atoms with Gasteiger partial charge in [-0.25, -0.2) is 14.8 Å². The maximum Gasteiger partial charge on any atom is 0.324 e. The lowest BCUT2D eigenvalue weighted by atomic mass is 10.1. The van der Waals surface area contributed by atoms with Crippen LogP contribution in [0.2, 0.25) is 0 Å². The van der Waals surface area contributed by atoms with E-state index in [2.05, 4.69) is 15.3 Å². The molecule has 0 bridgehead atoms. The minimum Gasteiger partial charge on any atom is -0.327 e. The van der Waals surface area contributed by atoms with Gasteiger partial charge in [0.15, 0.2) is 0 Å². The summed E-state index contributed by atoms with van der Waals surface area (Å²) >= 11 is 0. The highest BCUT2D eigenvalue weighted by Gasteiger charge is 2.30. The zero-order valence-electron chi connectivity index (χ0n) is 15.6. The lowest BCUT2D eigenvalue weighted by molar-refractivity contribution is 0.102. The SMILES string of the molecule is Cc1ncc(C(=O)Nc2ccc(N3CCCN(C)C3=O)cc2)c(C2CC2)n1. The van der Waals surface area contributed by atoms with Gasteiger partial charge in [0.05, 0.1) is 11.3 Å². The Morgan fingerprint density at radius 1 is 1.19 bits per heavy atom. The van der Waals surface area contributed by atoms with Crippen molar-refractivity contribution in [2.24, 2.45) is 0 Å². The molecule has 1 saturated heterocycles. The van der Waals surface area contributed by atoms with E-state index in [-0.39, 0.29) is 11.9 Å². The number of benzene rings is 1. The van der Waals surface area contributed by atoms with Crippen LogP contribution in [0.5, 0.6) is 0 Å². The molecular weight excluding hydrogens is 342 g/mol. The third kappa shape index (κ3) is 3.63. The van der Waals surface area contributed by atoms with Gasteiger partial charge >= 0.3 is 6.03 Å². The van der Waals surface area contributed by atoms with Crippen molar-refractivity contribution in [3.8, 4) is 0 Å². The summed E-state index contributed by atoms with van der Waals surface area (Å²) in [5.74, 6) is 0.865. The number of aryl methyl sites for hydroxylation is 1. The van der Waals surface area contributed by atoms with Gasteiger partial charge in [-0.2, -0.15) is 0 Å². The van der Waals surface area contributed by atoms with E-state index in [9.17, 15) is 9.59 Å². The van der Waals surface area contributed by atoms with Crippen molar-refractivity contribution in [3.63, 3.8) is 0 Å². The molecule has 27 heavy (non-hydrogen) atoms. The van der Waals surface area contributed by atoms with Gasteiger partial charge in [-0.1, -0.05) is 0 Å². The highest BCUT2D eigenvalue weighted by molar-refractivity contribution is 6.05. The molecule has 1 aliphatic carbocycles. The zero-order valence-corrected chi connectivity index (χ0v) is 15.6. The second-order valence-corrected chi connectivity index (χ2v) is 7.20.